The number of benzene rings is 2. The minimum Gasteiger partial charge on any atom is -0.331 e. The molecule has 0 amide bonds. The average Bonchev–Trinajstić information content (AvgIpc) is 2.49. The molecule has 2 N–H and O–H groups in total. The van der Waals surface area contributed by atoms with E-state index in [2.05, 4.69) is 15.8 Å². The molecule has 0 atom stereocenters. The van der Waals surface area contributed by atoms with Gasteiger partial charge in [0.25, 0.3) is 0 Å². The molecule has 0 saturated carbocycles. The van der Waals surface area contributed by atoms with Crippen LogP contribution in [0.25, 0.3) is 0 Å². The number of halogens is 2. The molecule has 0 unspecified atom stereocenters. The van der Waals surface area contributed by atoms with Gasteiger partial charge in [-0.3, -0.25) is 5.43 Å². The first kappa shape index (κ1) is 16.4. The summed E-state index contributed by atoms with van der Waals surface area (Å²) in [6.07, 6.45) is 0. The van der Waals surface area contributed by atoms with Crippen molar-refractivity contribution in [3.63, 3.8) is 0 Å². The zero-order valence-corrected chi connectivity index (χ0v) is 13.7. The van der Waals surface area contributed by atoms with Crippen LogP contribution in [-0.2, 0) is 0 Å². The molecule has 22 heavy (non-hydrogen) atoms. The van der Waals surface area contributed by atoms with E-state index in [0.717, 1.165) is 11.3 Å². The molecule has 0 fully saturated rings. The van der Waals surface area contributed by atoms with Gasteiger partial charge in [0.2, 0.25) is 0 Å². The molecule has 6 heteroatoms. The lowest BCUT2D eigenvalue weighted by molar-refractivity contribution is 0.627. The summed E-state index contributed by atoms with van der Waals surface area (Å²) in [5.41, 5.74) is 5.77. The van der Waals surface area contributed by atoms with E-state index in [9.17, 15) is 4.39 Å². The molecule has 0 aliphatic carbocycles. The van der Waals surface area contributed by atoms with Gasteiger partial charge in [-0.05, 0) is 55.9 Å². The Morgan fingerprint density at radius 1 is 1.23 bits per heavy atom. The van der Waals surface area contributed by atoms with Crippen LogP contribution in [-0.4, -0.2) is 10.8 Å². The molecule has 2 aromatic carbocycles. The summed E-state index contributed by atoms with van der Waals surface area (Å²) < 4.78 is 13.2. The van der Waals surface area contributed by atoms with Gasteiger partial charge >= 0.3 is 0 Å². The second-order valence-corrected chi connectivity index (χ2v) is 5.50. The smallest absolute Gasteiger partial charge is 0.191 e. The Balaban J connectivity index is 2.03. The number of nitrogens with one attached hydrogen (secondary N) is 2. The van der Waals surface area contributed by atoms with Crippen LogP contribution in [0.15, 0.2) is 47.6 Å². The van der Waals surface area contributed by atoms with Crippen LogP contribution in [0.2, 0.25) is 5.02 Å². The first-order valence-electron chi connectivity index (χ1n) is 6.59. The Hall–Kier alpha value is -1.98. The van der Waals surface area contributed by atoms with Crippen molar-refractivity contribution >= 4 is 40.3 Å². The Labute approximate surface area is 139 Å². The second-order valence-electron chi connectivity index (χ2n) is 4.69. The van der Waals surface area contributed by atoms with Crippen molar-refractivity contribution < 1.29 is 4.39 Å². The third-order valence-corrected chi connectivity index (χ3v) is 3.69. The zero-order chi connectivity index (χ0) is 16.1. The van der Waals surface area contributed by atoms with E-state index >= 15 is 0 Å². The van der Waals surface area contributed by atoms with E-state index in [-0.39, 0.29) is 5.82 Å². The molecule has 0 aliphatic rings. The van der Waals surface area contributed by atoms with Crippen LogP contribution >= 0.6 is 23.8 Å². The average molecular weight is 336 g/mol. The van der Waals surface area contributed by atoms with Gasteiger partial charge in [-0.25, -0.2) is 4.39 Å². The molecule has 0 radical (unpaired) electrons. The Morgan fingerprint density at radius 2 is 1.95 bits per heavy atom. The normalized spacial score (nSPS) is 11.2. The lowest BCUT2D eigenvalue weighted by Crippen LogP contribution is -2.25. The molecule has 0 aliphatic heterocycles. The maximum atomic E-state index is 13.2. The van der Waals surface area contributed by atoms with Gasteiger partial charge < -0.3 is 5.32 Å². The van der Waals surface area contributed by atoms with E-state index in [1.165, 1.54) is 12.1 Å². The third-order valence-electron chi connectivity index (χ3n) is 3.08. The first-order valence-corrected chi connectivity index (χ1v) is 7.38. The highest BCUT2D eigenvalue weighted by Gasteiger charge is 2.04. The lowest BCUT2D eigenvalue weighted by atomic mass is 10.1. The van der Waals surface area contributed by atoms with E-state index in [0.29, 0.717) is 21.4 Å². The molecule has 0 bridgehead atoms. The summed E-state index contributed by atoms with van der Waals surface area (Å²) in [7, 11) is 0. The van der Waals surface area contributed by atoms with Gasteiger partial charge in [0.1, 0.15) is 5.82 Å². The topological polar surface area (TPSA) is 36.4 Å². The fraction of sp³-hybridized carbons (Fsp3) is 0.125. The van der Waals surface area contributed by atoms with Crippen LogP contribution in [0.1, 0.15) is 18.1 Å². The van der Waals surface area contributed by atoms with Gasteiger partial charge in [-0.15, -0.1) is 0 Å². The number of hydrogen-bond acceptors (Lipinski definition) is 2. The van der Waals surface area contributed by atoms with Crippen molar-refractivity contribution in [1.29, 1.82) is 0 Å². The molecule has 0 aromatic heterocycles. The maximum absolute atomic E-state index is 13.2. The SMILES string of the molecule is C/C(=N\NC(=S)Nc1cccc(Cl)c1C)c1cccc(F)c1. The summed E-state index contributed by atoms with van der Waals surface area (Å²) in [6.45, 7) is 3.67. The molecule has 2 rings (SSSR count). The summed E-state index contributed by atoms with van der Waals surface area (Å²) in [6, 6.07) is 11.7. The van der Waals surface area contributed by atoms with E-state index in [4.69, 9.17) is 23.8 Å². The van der Waals surface area contributed by atoms with Crippen LogP contribution in [0.5, 0.6) is 0 Å². The number of rotatable bonds is 3. The van der Waals surface area contributed by atoms with E-state index < -0.39 is 0 Å². The van der Waals surface area contributed by atoms with Crippen molar-refractivity contribution in [2.75, 3.05) is 5.32 Å². The van der Waals surface area contributed by atoms with Gasteiger partial charge in [0, 0.05) is 16.3 Å². The van der Waals surface area contributed by atoms with E-state index in [1.54, 1.807) is 19.1 Å². The maximum Gasteiger partial charge on any atom is 0.191 e. The number of hydrogen-bond donors (Lipinski definition) is 2. The molecule has 3 nitrogen and oxygen atoms in total. The quantitative estimate of drug-likeness (QED) is 0.492. The molecule has 0 spiro atoms. The van der Waals surface area contributed by atoms with Crippen molar-refractivity contribution in [1.82, 2.24) is 5.43 Å². The molecule has 0 heterocycles. The Bertz CT molecular complexity index is 731. The molecule has 0 saturated heterocycles. The van der Waals surface area contributed by atoms with Crippen LogP contribution in [0.3, 0.4) is 0 Å². The number of nitrogens with zero attached hydrogens (tertiary/aromatic N) is 1. The summed E-state index contributed by atoms with van der Waals surface area (Å²) >= 11 is 11.2. The van der Waals surface area contributed by atoms with Gasteiger partial charge in [-0.2, -0.15) is 5.10 Å². The Morgan fingerprint density at radius 3 is 2.68 bits per heavy atom. The van der Waals surface area contributed by atoms with Crippen LogP contribution in [0.4, 0.5) is 10.1 Å². The highest BCUT2D eigenvalue weighted by molar-refractivity contribution is 7.80. The van der Waals surface area contributed by atoms with Crippen molar-refractivity contribution in [3.8, 4) is 0 Å². The lowest BCUT2D eigenvalue weighted by Gasteiger charge is -2.11. The third kappa shape index (κ3) is 4.26. The zero-order valence-electron chi connectivity index (χ0n) is 12.2. The van der Waals surface area contributed by atoms with Crippen molar-refractivity contribution in [3.05, 3.63) is 64.4 Å². The molecular formula is C16H15ClFN3S. The largest absolute Gasteiger partial charge is 0.331 e. The first-order chi connectivity index (χ1) is 10.5. The molecule has 114 valence electrons. The van der Waals surface area contributed by atoms with E-state index in [1.807, 2.05) is 25.1 Å². The summed E-state index contributed by atoms with van der Waals surface area (Å²) in [5.74, 6) is -0.303. The number of thiocarbonyl (C=S) groups is 1. The van der Waals surface area contributed by atoms with Gasteiger partial charge in [-0.1, -0.05) is 29.8 Å². The minimum absolute atomic E-state index is 0.303. The highest BCUT2D eigenvalue weighted by Crippen LogP contribution is 2.22. The fourth-order valence-electron chi connectivity index (χ4n) is 1.81. The number of hydrazone groups is 1. The second kappa shape index (κ2) is 7.33. The highest BCUT2D eigenvalue weighted by atomic mass is 35.5. The van der Waals surface area contributed by atoms with Crippen molar-refractivity contribution in [2.24, 2.45) is 5.10 Å². The van der Waals surface area contributed by atoms with Crippen molar-refractivity contribution in [2.45, 2.75) is 13.8 Å². The predicted molar refractivity (Wildman–Crippen MR) is 94.2 cm³/mol. The summed E-state index contributed by atoms with van der Waals surface area (Å²) in [5, 5.41) is 8.16. The van der Waals surface area contributed by atoms with Crippen LogP contribution < -0.4 is 10.7 Å². The number of anilines is 1. The predicted octanol–water partition coefficient (Wildman–Crippen LogP) is 4.50. The van der Waals surface area contributed by atoms with Gasteiger partial charge in [0.05, 0.1) is 5.71 Å². The summed E-state index contributed by atoms with van der Waals surface area (Å²) in [4.78, 5) is 0. The van der Waals surface area contributed by atoms with Crippen LogP contribution in [0, 0.1) is 12.7 Å². The Kier molecular flexibility index (Phi) is 5.46. The molecule has 2 aromatic rings. The monoisotopic (exact) mass is 335 g/mol. The van der Waals surface area contributed by atoms with Gasteiger partial charge in [0.15, 0.2) is 5.11 Å². The standard InChI is InChI=1S/C16H15ClFN3S/c1-10-14(17)7-4-8-15(10)19-16(22)21-20-11(2)12-5-3-6-13(18)9-12/h3-9H,1-2H3,(H2,19,21,22)/b20-11+. The molecular weight excluding hydrogens is 321 g/mol. The minimum atomic E-state index is -0.303. The fourth-order valence-corrected chi connectivity index (χ4v) is 2.14.